The molecule has 0 aliphatic carbocycles. The average molecular weight is 1450 g/mol. The SMILES string of the molecule is CCCCCCCCCCCCCCCCCCCCCCC(=O)OC[C@H](COP(=O)(O)OC[C@@H](O)COP(=O)(O)OC[C@@H](COC(=O)CCCCCCCCC(C)C)OC(=O)CCCCCCCCCCCC)OC(=O)CCCCCCCCCCCCCCCCCCCCCC. The molecule has 19 heteroatoms. The molecule has 0 aromatic heterocycles. The number of phosphoric ester groups is 2. The molecule has 0 radical (unpaired) electrons. The molecule has 0 aromatic rings. The molecule has 5 atom stereocenters. The average Bonchev–Trinajstić information content (AvgIpc) is 1.04. The molecule has 0 heterocycles. The van der Waals surface area contributed by atoms with Crippen LogP contribution < -0.4 is 0 Å². The molecule has 3 N–H and O–H groups in total. The van der Waals surface area contributed by atoms with Gasteiger partial charge in [0.2, 0.25) is 0 Å². The number of unbranched alkanes of at least 4 members (excludes halogenated alkanes) is 52. The maximum Gasteiger partial charge on any atom is 0.472 e. The molecule has 0 aliphatic heterocycles. The predicted molar refractivity (Wildman–Crippen MR) is 405 cm³/mol. The van der Waals surface area contributed by atoms with E-state index in [1.165, 1.54) is 244 Å². The summed E-state index contributed by atoms with van der Waals surface area (Å²) >= 11 is 0. The van der Waals surface area contributed by atoms with Crippen LogP contribution in [0.1, 0.15) is 426 Å². The highest BCUT2D eigenvalue weighted by atomic mass is 31.2. The molecule has 0 spiro atoms. The van der Waals surface area contributed by atoms with Crippen molar-refractivity contribution in [2.45, 2.75) is 445 Å². The standard InChI is InChI=1S/C80H156O17P2/c1-6-9-12-15-18-21-24-26-28-30-32-34-36-38-40-42-45-47-53-58-63-77(82)90-69-75(96-80(85)66-61-56-49-46-43-41-39-37-35-33-31-29-27-25-22-19-16-13-10-7-2)71-94-98(86,87)92-67-74(81)68-93-99(88,89)95-72-76(70-91-78(83)64-59-54-51-50-52-57-62-73(4)5)97-79(84)65-60-55-48-44-23-20-17-14-11-8-3/h73-76,81H,6-72H2,1-5H3,(H,86,87)(H,88,89)/t74-,75-,76-/m1/s1. The van der Waals surface area contributed by atoms with Gasteiger partial charge in [-0.25, -0.2) is 9.13 Å². The van der Waals surface area contributed by atoms with Crippen LogP contribution in [0, 0.1) is 5.92 Å². The molecule has 99 heavy (non-hydrogen) atoms. The Morgan fingerprint density at radius 3 is 0.687 bits per heavy atom. The van der Waals surface area contributed by atoms with E-state index in [2.05, 4.69) is 34.6 Å². The number of aliphatic hydroxyl groups excluding tert-OH is 1. The van der Waals surface area contributed by atoms with Crippen molar-refractivity contribution in [3.8, 4) is 0 Å². The normalized spacial score (nSPS) is 13.9. The zero-order valence-electron chi connectivity index (χ0n) is 64.6. The van der Waals surface area contributed by atoms with E-state index in [4.69, 9.17) is 37.0 Å². The fourth-order valence-electron chi connectivity index (χ4n) is 12.4. The van der Waals surface area contributed by atoms with Crippen molar-refractivity contribution < 1.29 is 80.2 Å². The Morgan fingerprint density at radius 2 is 0.465 bits per heavy atom. The molecule has 0 amide bonds. The lowest BCUT2D eigenvalue weighted by molar-refractivity contribution is -0.161. The van der Waals surface area contributed by atoms with Crippen LogP contribution in [0.25, 0.3) is 0 Å². The number of esters is 4. The Morgan fingerprint density at radius 1 is 0.273 bits per heavy atom. The molecule has 0 bridgehead atoms. The maximum absolute atomic E-state index is 13.1. The van der Waals surface area contributed by atoms with Gasteiger partial charge in [-0.05, 0) is 31.6 Å². The largest absolute Gasteiger partial charge is 0.472 e. The Balaban J connectivity index is 5.17. The third kappa shape index (κ3) is 74.1. The van der Waals surface area contributed by atoms with E-state index < -0.39 is 97.5 Å². The fourth-order valence-corrected chi connectivity index (χ4v) is 14.0. The minimum absolute atomic E-state index is 0.106. The second kappa shape index (κ2) is 73.0. The second-order valence-corrected chi connectivity index (χ2v) is 32.2. The highest BCUT2D eigenvalue weighted by Gasteiger charge is 2.30. The van der Waals surface area contributed by atoms with E-state index in [1.807, 2.05) is 0 Å². The van der Waals surface area contributed by atoms with Crippen molar-refractivity contribution in [2.75, 3.05) is 39.6 Å². The van der Waals surface area contributed by atoms with E-state index in [-0.39, 0.29) is 25.7 Å². The van der Waals surface area contributed by atoms with Crippen molar-refractivity contribution in [1.82, 2.24) is 0 Å². The zero-order valence-corrected chi connectivity index (χ0v) is 66.4. The van der Waals surface area contributed by atoms with Crippen molar-refractivity contribution in [1.29, 1.82) is 0 Å². The molecule has 0 saturated carbocycles. The van der Waals surface area contributed by atoms with E-state index in [9.17, 15) is 43.2 Å². The van der Waals surface area contributed by atoms with Gasteiger partial charge in [0, 0.05) is 25.7 Å². The van der Waals surface area contributed by atoms with Crippen molar-refractivity contribution in [2.24, 2.45) is 5.92 Å². The monoisotopic (exact) mass is 1450 g/mol. The third-order valence-corrected chi connectivity index (χ3v) is 20.7. The van der Waals surface area contributed by atoms with Crippen LogP contribution in [0.2, 0.25) is 0 Å². The Bertz CT molecular complexity index is 1890. The van der Waals surface area contributed by atoms with Crippen LogP contribution in [0.15, 0.2) is 0 Å². The van der Waals surface area contributed by atoms with Gasteiger partial charge in [-0.15, -0.1) is 0 Å². The smallest absolute Gasteiger partial charge is 0.462 e. The summed E-state index contributed by atoms with van der Waals surface area (Å²) in [7, 11) is -9.91. The van der Waals surface area contributed by atoms with Gasteiger partial charge in [0.05, 0.1) is 26.4 Å². The van der Waals surface area contributed by atoms with Crippen molar-refractivity contribution in [3.63, 3.8) is 0 Å². The quantitative estimate of drug-likeness (QED) is 0.0222. The zero-order chi connectivity index (χ0) is 72.7. The molecule has 0 fully saturated rings. The first kappa shape index (κ1) is 97.1. The summed E-state index contributed by atoms with van der Waals surface area (Å²) < 4.78 is 68.6. The molecular formula is C80H156O17P2. The summed E-state index contributed by atoms with van der Waals surface area (Å²) in [6.07, 6.45) is 64.2. The van der Waals surface area contributed by atoms with E-state index in [1.54, 1.807) is 0 Å². The molecule has 0 aliphatic rings. The molecule has 0 aromatic carbocycles. The molecule has 2 unspecified atom stereocenters. The highest BCUT2D eigenvalue weighted by Crippen LogP contribution is 2.45. The number of carbonyl (C=O) groups excluding carboxylic acids is 4. The number of rotatable bonds is 80. The number of hydrogen-bond donors (Lipinski definition) is 3. The topological polar surface area (TPSA) is 237 Å². The van der Waals surface area contributed by atoms with E-state index in [0.29, 0.717) is 31.6 Å². The van der Waals surface area contributed by atoms with Crippen LogP contribution in [-0.4, -0.2) is 96.7 Å². The van der Waals surface area contributed by atoms with Gasteiger partial charge in [-0.1, -0.05) is 375 Å². The lowest BCUT2D eigenvalue weighted by atomic mass is 10.0. The van der Waals surface area contributed by atoms with Gasteiger partial charge < -0.3 is 33.8 Å². The van der Waals surface area contributed by atoms with Crippen LogP contribution >= 0.6 is 15.6 Å². The van der Waals surface area contributed by atoms with E-state index >= 15 is 0 Å². The Hall–Kier alpha value is -1.94. The fraction of sp³-hybridized carbons (Fsp3) is 0.950. The first-order chi connectivity index (χ1) is 48.0. The van der Waals surface area contributed by atoms with Gasteiger partial charge in [-0.2, -0.15) is 0 Å². The molecule has 0 rings (SSSR count). The third-order valence-electron chi connectivity index (χ3n) is 18.8. The molecular weight excluding hydrogens is 1290 g/mol. The van der Waals surface area contributed by atoms with Gasteiger partial charge in [0.1, 0.15) is 19.3 Å². The number of phosphoric acid groups is 2. The minimum Gasteiger partial charge on any atom is -0.462 e. The number of ether oxygens (including phenoxy) is 4. The Kier molecular flexibility index (Phi) is 71.6. The summed E-state index contributed by atoms with van der Waals surface area (Å²) in [5.41, 5.74) is 0. The lowest BCUT2D eigenvalue weighted by Gasteiger charge is -2.21. The van der Waals surface area contributed by atoms with Crippen LogP contribution in [0.5, 0.6) is 0 Å². The van der Waals surface area contributed by atoms with Gasteiger partial charge >= 0.3 is 39.5 Å². The van der Waals surface area contributed by atoms with E-state index in [0.717, 1.165) is 96.3 Å². The van der Waals surface area contributed by atoms with Crippen molar-refractivity contribution >= 4 is 39.5 Å². The van der Waals surface area contributed by atoms with Gasteiger partial charge in [0.25, 0.3) is 0 Å². The van der Waals surface area contributed by atoms with Crippen LogP contribution in [0.3, 0.4) is 0 Å². The highest BCUT2D eigenvalue weighted by molar-refractivity contribution is 7.47. The maximum atomic E-state index is 13.1. The second-order valence-electron chi connectivity index (χ2n) is 29.3. The number of carbonyl (C=O) groups is 4. The molecule has 17 nitrogen and oxygen atoms in total. The summed E-state index contributed by atoms with van der Waals surface area (Å²) in [5.74, 6) is -1.43. The number of hydrogen-bond acceptors (Lipinski definition) is 15. The van der Waals surface area contributed by atoms with Crippen LogP contribution in [0.4, 0.5) is 0 Å². The number of aliphatic hydroxyl groups is 1. The van der Waals surface area contributed by atoms with Gasteiger partial charge in [0.15, 0.2) is 12.2 Å². The van der Waals surface area contributed by atoms with Gasteiger partial charge in [-0.3, -0.25) is 37.3 Å². The first-order valence-electron chi connectivity index (χ1n) is 41.6. The summed E-state index contributed by atoms with van der Waals surface area (Å²) in [5, 5.41) is 10.6. The summed E-state index contributed by atoms with van der Waals surface area (Å²) in [6, 6.07) is 0. The van der Waals surface area contributed by atoms with Crippen LogP contribution in [-0.2, 0) is 65.4 Å². The first-order valence-corrected chi connectivity index (χ1v) is 44.6. The molecule has 0 saturated heterocycles. The predicted octanol–water partition coefficient (Wildman–Crippen LogP) is 24.0. The summed E-state index contributed by atoms with van der Waals surface area (Å²) in [4.78, 5) is 72.8. The summed E-state index contributed by atoms with van der Waals surface area (Å²) in [6.45, 7) is 7.22. The minimum atomic E-state index is -4.96. The van der Waals surface area contributed by atoms with Crippen molar-refractivity contribution in [3.05, 3.63) is 0 Å². The lowest BCUT2D eigenvalue weighted by Crippen LogP contribution is -2.30. The Labute approximate surface area is 607 Å². The molecule has 588 valence electrons.